The molecule has 12 rings (SSSR count). The van der Waals surface area contributed by atoms with Crippen LogP contribution in [0.1, 0.15) is 0 Å². The lowest BCUT2D eigenvalue weighted by Gasteiger charge is -2.16. The zero-order valence-electron chi connectivity index (χ0n) is 30.7. The maximum absolute atomic E-state index is 5.37. The van der Waals surface area contributed by atoms with E-state index in [0.29, 0.717) is 5.82 Å². The molecular formula is C52H32N4S. The Labute approximate surface area is 332 Å². The number of hydrogen-bond donors (Lipinski definition) is 0. The summed E-state index contributed by atoms with van der Waals surface area (Å²) < 4.78 is 7.37. The number of nitrogens with zero attached hydrogens (tertiary/aromatic N) is 4. The number of aromatic nitrogens is 4. The number of thiophene rings is 1. The van der Waals surface area contributed by atoms with Gasteiger partial charge in [0.05, 0.1) is 33.5 Å². The summed E-state index contributed by atoms with van der Waals surface area (Å²) in [5, 5.41) is 7.42. The quantitative estimate of drug-likeness (QED) is 0.176. The highest BCUT2D eigenvalue weighted by Crippen LogP contribution is 2.40. The molecule has 0 aliphatic heterocycles. The Morgan fingerprint density at radius 2 is 0.772 bits per heavy atom. The monoisotopic (exact) mass is 744 g/mol. The summed E-state index contributed by atoms with van der Waals surface area (Å²) in [6, 6.07) is 69.7. The number of para-hydroxylation sites is 4. The van der Waals surface area contributed by atoms with E-state index in [9.17, 15) is 0 Å². The van der Waals surface area contributed by atoms with Crippen molar-refractivity contribution in [2.75, 3.05) is 0 Å². The number of hydrogen-bond acceptors (Lipinski definition) is 3. The molecule has 0 saturated carbocycles. The van der Waals surface area contributed by atoms with E-state index in [4.69, 9.17) is 9.97 Å². The maximum atomic E-state index is 5.37. The van der Waals surface area contributed by atoms with E-state index in [1.54, 1.807) is 0 Å². The van der Waals surface area contributed by atoms with E-state index in [-0.39, 0.29) is 0 Å². The lowest BCUT2D eigenvalue weighted by molar-refractivity contribution is 1.13. The number of fused-ring (bicyclic) bond motifs is 9. The Morgan fingerprint density at radius 1 is 0.316 bits per heavy atom. The van der Waals surface area contributed by atoms with Crippen molar-refractivity contribution in [1.29, 1.82) is 0 Å². The molecule has 57 heavy (non-hydrogen) atoms. The third-order valence-corrected chi connectivity index (χ3v) is 12.5. The van der Waals surface area contributed by atoms with E-state index >= 15 is 0 Å². The first kappa shape index (κ1) is 32.0. The van der Waals surface area contributed by atoms with Gasteiger partial charge in [0.15, 0.2) is 5.82 Å². The van der Waals surface area contributed by atoms with Crippen LogP contribution in [0.15, 0.2) is 194 Å². The molecule has 0 radical (unpaired) electrons. The lowest BCUT2D eigenvalue weighted by Crippen LogP contribution is -2.01. The molecule has 0 aliphatic rings. The standard InChI is InChI=1S/C52H32N4S/c1-2-14-33(15-3-1)52-53-44(34-26-27-51-43(30-34)42-20-8-13-25-50(42)57-51)32-45(54-52)35-28-36(55-46-21-9-4-16-38(46)39-17-5-10-22-47(39)55)31-37(29-35)56-48-23-11-6-18-40(48)41-19-7-12-24-49(41)56/h1-32H. The molecule has 0 aliphatic carbocycles. The molecular weight excluding hydrogens is 713 g/mol. The van der Waals surface area contributed by atoms with Crippen molar-refractivity contribution in [3.8, 4) is 45.3 Å². The molecule has 0 saturated heterocycles. The molecule has 0 N–H and O–H groups in total. The molecule has 4 aromatic heterocycles. The highest BCUT2D eigenvalue weighted by molar-refractivity contribution is 7.25. The molecule has 0 bridgehead atoms. The van der Waals surface area contributed by atoms with Crippen molar-refractivity contribution in [2.24, 2.45) is 0 Å². The van der Waals surface area contributed by atoms with Crippen molar-refractivity contribution in [1.82, 2.24) is 19.1 Å². The van der Waals surface area contributed by atoms with Gasteiger partial charge in [-0.05, 0) is 66.7 Å². The van der Waals surface area contributed by atoms with Gasteiger partial charge in [-0.2, -0.15) is 0 Å². The van der Waals surface area contributed by atoms with E-state index in [2.05, 4.69) is 197 Å². The first-order valence-corrected chi connectivity index (χ1v) is 20.1. The molecule has 266 valence electrons. The Hall–Kier alpha value is -7.34. The van der Waals surface area contributed by atoms with E-state index in [1.165, 1.54) is 41.7 Å². The highest BCUT2D eigenvalue weighted by Gasteiger charge is 2.19. The Kier molecular flexibility index (Phi) is 7.06. The molecule has 0 unspecified atom stereocenters. The Morgan fingerprint density at radius 3 is 1.33 bits per heavy atom. The first-order chi connectivity index (χ1) is 28.2. The third kappa shape index (κ3) is 5.06. The molecule has 12 aromatic rings. The van der Waals surface area contributed by atoms with Gasteiger partial charge >= 0.3 is 0 Å². The Balaban J connectivity index is 1.16. The zero-order chi connectivity index (χ0) is 37.5. The minimum absolute atomic E-state index is 0.694. The normalized spacial score (nSPS) is 11.9. The average molecular weight is 745 g/mol. The van der Waals surface area contributed by atoms with E-state index in [0.717, 1.165) is 61.5 Å². The summed E-state index contributed by atoms with van der Waals surface area (Å²) in [5.74, 6) is 0.694. The third-order valence-electron chi connectivity index (χ3n) is 11.3. The van der Waals surface area contributed by atoms with Crippen LogP contribution >= 0.6 is 11.3 Å². The lowest BCUT2D eigenvalue weighted by atomic mass is 10.0. The van der Waals surface area contributed by atoms with Gasteiger partial charge in [-0.3, -0.25) is 0 Å². The van der Waals surface area contributed by atoms with Crippen LogP contribution in [0.2, 0.25) is 0 Å². The molecule has 0 atom stereocenters. The molecule has 5 heteroatoms. The highest BCUT2D eigenvalue weighted by atomic mass is 32.1. The largest absolute Gasteiger partial charge is 0.309 e. The van der Waals surface area contributed by atoms with Gasteiger partial charge in [-0.1, -0.05) is 127 Å². The van der Waals surface area contributed by atoms with Crippen molar-refractivity contribution in [2.45, 2.75) is 0 Å². The second-order valence-corrected chi connectivity index (χ2v) is 15.7. The van der Waals surface area contributed by atoms with Crippen molar-refractivity contribution < 1.29 is 0 Å². The van der Waals surface area contributed by atoms with Gasteiger partial charge in [0.25, 0.3) is 0 Å². The number of benzene rings is 8. The molecule has 0 amide bonds. The van der Waals surface area contributed by atoms with Gasteiger partial charge in [0.2, 0.25) is 0 Å². The average Bonchev–Trinajstić information content (AvgIpc) is 3.94. The minimum atomic E-state index is 0.694. The van der Waals surface area contributed by atoms with Gasteiger partial charge in [-0.25, -0.2) is 9.97 Å². The summed E-state index contributed by atoms with van der Waals surface area (Å²) in [7, 11) is 0. The van der Waals surface area contributed by atoms with Crippen LogP contribution in [0.3, 0.4) is 0 Å². The van der Waals surface area contributed by atoms with Crippen LogP contribution in [0.25, 0.3) is 109 Å². The zero-order valence-corrected chi connectivity index (χ0v) is 31.5. The molecule has 4 heterocycles. The summed E-state index contributed by atoms with van der Waals surface area (Å²) in [6.07, 6.45) is 0. The Bertz CT molecular complexity index is 3300. The van der Waals surface area contributed by atoms with E-state index in [1.807, 2.05) is 17.4 Å². The van der Waals surface area contributed by atoms with Crippen LogP contribution < -0.4 is 0 Å². The summed E-state index contributed by atoms with van der Waals surface area (Å²) in [6.45, 7) is 0. The maximum Gasteiger partial charge on any atom is 0.160 e. The molecule has 0 spiro atoms. The fraction of sp³-hybridized carbons (Fsp3) is 0. The van der Waals surface area contributed by atoms with Crippen LogP contribution in [-0.4, -0.2) is 19.1 Å². The predicted molar refractivity (Wildman–Crippen MR) is 240 cm³/mol. The summed E-state index contributed by atoms with van der Waals surface area (Å²) >= 11 is 1.83. The van der Waals surface area contributed by atoms with Gasteiger partial charge in [0.1, 0.15) is 0 Å². The second kappa shape index (κ2) is 12.6. The van der Waals surface area contributed by atoms with Crippen LogP contribution in [0.5, 0.6) is 0 Å². The van der Waals surface area contributed by atoms with Crippen LogP contribution in [0, 0.1) is 0 Å². The topological polar surface area (TPSA) is 35.6 Å². The first-order valence-electron chi connectivity index (χ1n) is 19.2. The van der Waals surface area contributed by atoms with Crippen LogP contribution in [0.4, 0.5) is 0 Å². The summed E-state index contributed by atoms with van der Waals surface area (Å²) in [5.41, 5.74) is 11.6. The predicted octanol–water partition coefficient (Wildman–Crippen LogP) is 14.0. The van der Waals surface area contributed by atoms with Crippen molar-refractivity contribution >= 4 is 75.1 Å². The van der Waals surface area contributed by atoms with E-state index < -0.39 is 0 Å². The molecule has 8 aromatic carbocycles. The van der Waals surface area contributed by atoms with Gasteiger partial charge < -0.3 is 9.13 Å². The fourth-order valence-electron chi connectivity index (χ4n) is 8.75. The molecule has 4 nitrogen and oxygen atoms in total. The molecule has 0 fully saturated rings. The van der Waals surface area contributed by atoms with Crippen LogP contribution in [-0.2, 0) is 0 Å². The second-order valence-electron chi connectivity index (χ2n) is 14.6. The fourth-order valence-corrected chi connectivity index (χ4v) is 9.83. The summed E-state index contributed by atoms with van der Waals surface area (Å²) in [4.78, 5) is 10.6. The SMILES string of the molecule is c1ccc(-c2nc(-c3cc(-n4c5ccccc5c5ccccc54)cc(-n4c5ccccc5c5ccccc54)c3)cc(-c3ccc4sc5ccccc5c4c3)n2)cc1. The minimum Gasteiger partial charge on any atom is -0.309 e. The van der Waals surface area contributed by atoms with Gasteiger partial charge in [0, 0.05) is 69.8 Å². The smallest absolute Gasteiger partial charge is 0.160 e. The number of rotatable bonds is 5. The van der Waals surface area contributed by atoms with Crippen molar-refractivity contribution in [3.05, 3.63) is 194 Å². The van der Waals surface area contributed by atoms with Crippen molar-refractivity contribution in [3.63, 3.8) is 0 Å². The van der Waals surface area contributed by atoms with Gasteiger partial charge in [-0.15, -0.1) is 11.3 Å².